The number of hydrogen-bond acceptors (Lipinski definition) is 4. The average molecular weight is 2190 g/mol. The third-order valence-corrected chi connectivity index (χ3v) is 58.7. The summed E-state index contributed by atoms with van der Waals surface area (Å²) in [7, 11) is -12.0. The zero-order valence-corrected chi connectivity index (χ0v) is 101. The van der Waals surface area contributed by atoms with Crippen molar-refractivity contribution in [3.8, 4) is 104 Å². The van der Waals surface area contributed by atoms with Crippen molar-refractivity contribution in [3.05, 3.63) is 348 Å². The van der Waals surface area contributed by atoms with Gasteiger partial charge in [-0.2, -0.15) is 11.8 Å². The third-order valence-electron chi connectivity index (χ3n) is 26.8. The molecule has 0 unspecified atom stereocenters. The normalized spacial score (nSPS) is 11.9. The van der Waals surface area contributed by atoms with Gasteiger partial charge in [0.05, 0.1) is 0 Å². The van der Waals surface area contributed by atoms with Gasteiger partial charge in [0.2, 0.25) is 0 Å². The first-order chi connectivity index (χ1) is 66.5. The summed E-state index contributed by atoms with van der Waals surface area (Å²) >= 11 is 0. The summed E-state index contributed by atoms with van der Waals surface area (Å²) < 4.78 is 25.0. The van der Waals surface area contributed by atoms with E-state index in [-0.39, 0.29) is 21.1 Å². The molecule has 10 rings (SSSR count). The van der Waals surface area contributed by atoms with E-state index in [2.05, 4.69) is 480 Å². The Hall–Kier alpha value is -9.79. The molecular formula is C128H160O4P2PtSi6. The van der Waals surface area contributed by atoms with Gasteiger partial charge < -0.3 is 31.8 Å². The summed E-state index contributed by atoms with van der Waals surface area (Å²) in [6.45, 7) is 71.3. The van der Waals surface area contributed by atoms with Gasteiger partial charge in [0, 0.05) is 35.6 Å². The molecule has 4 nitrogen and oxygen atoms in total. The maximum Gasteiger partial charge on any atom is 2.00 e. The molecule has 0 radical (unpaired) electrons. The van der Waals surface area contributed by atoms with Crippen molar-refractivity contribution in [1.29, 1.82) is 0 Å². The Morgan fingerprint density at radius 2 is 0.390 bits per heavy atom. The van der Waals surface area contributed by atoms with Crippen molar-refractivity contribution in [2.45, 2.75) is 311 Å². The first-order valence-corrected chi connectivity index (χ1v) is 69.7. The van der Waals surface area contributed by atoms with Gasteiger partial charge in [0.1, 0.15) is 97.9 Å². The molecule has 0 amide bonds. The van der Waals surface area contributed by atoms with E-state index in [0.29, 0.717) is 115 Å². The maximum absolute atomic E-state index is 8.13. The molecule has 0 aromatic heterocycles. The number of ether oxygens (including phenoxy) is 4. The van der Waals surface area contributed by atoms with Gasteiger partial charge in [-0.25, -0.2) is 0 Å². The molecule has 0 N–H and O–H groups in total. The van der Waals surface area contributed by atoms with Crippen LogP contribution in [-0.4, -0.2) is 48.4 Å². The summed E-state index contributed by atoms with van der Waals surface area (Å²) in [5.41, 5.74) is 38.2. The average Bonchev–Trinajstić information content (AvgIpc) is 0.804. The molecule has 0 saturated heterocycles. The second-order valence-electron chi connectivity index (χ2n) is 42.6. The van der Waals surface area contributed by atoms with Gasteiger partial charge in [-0.3, -0.25) is 11.8 Å². The van der Waals surface area contributed by atoms with Gasteiger partial charge in [0.25, 0.3) is 0 Å². The Morgan fingerprint density at radius 3 is 0.553 bits per heavy atom. The van der Waals surface area contributed by atoms with E-state index >= 15 is 0 Å². The third kappa shape index (κ3) is 36.5. The fourth-order valence-electron chi connectivity index (χ4n) is 19.7. The minimum absolute atomic E-state index is 0. The largest absolute Gasteiger partial charge is 2.00 e. The van der Waals surface area contributed by atoms with E-state index in [1.165, 1.54) is 32.3 Å². The van der Waals surface area contributed by atoms with Crippen molar-refractivity contribution in [2.24, 2.45) is 0 Å². The predicted molar refractivity (Wildman–Crippen MR) is 627 cm³/mol. The topological polar surface area (TPSA) is 36.9 Å². The van der Waals surface area contributed by atoms with Crippen LogP contribution in [0, 0.1) is 93.5 Å². The number of rotatable bonds is 32. The second-order valence-corrected chi connectivity index (χ2v) is 78.8. The summed E-state index contributed by atoms with van der Waals surface area (Å²) in [4.78, 5) is 0. The Bertz CT molecular complexity index is 5410. The second kappa shape index (κ2) is 58.8. The molecule has 0 aliphatic rings. The fourth-order valence-corrected chi connectivity index (χ4v) is 46.1. The summed E-state index contributed by atoms with van der Waals surface area (Å²) in [5, 5.41) is 5.45. The number of allylic oxidation sites excluding steroid dienone is 4. The van der Waals surface area contributed by atoms with E-state index in [4.69, 9.17) is 31.8 Å². The fraction of sp³-hybridized carbons (Fsp3) is 0.375. The van der Waals surface area contributed by atoms with Crippen LogP contribution in [0.25, 0.3) is 0 Å². The van der Waals surface area contributed by atoms with Crippen LogP contribution in [0.3, 0.4) is 0 Å². The number of benzene rings is 10. The van der Waals surface area contributed by atoms with Crippen LogP contribution in [0.5, 0.6) is 23.0 Å². The monoisotopic (exact) mass is 2190 g/mol. The van der Waals surface area contributed by atoms with E-state index in [1.807, 2.05) is 84.9 Å². The van der Waals surface area contributed by atoms with E-state index in [0.717, 1.165) is 57.6 Å². The maximum atomic E-state index is 8.13. The molecule has 0 aliphatic carbocycles. The van der Waals surface area contributed by atoms with Crippen molar-refractivity contribution < 1.29 is 40.0 Å². The quantitative estimate of drug-likeness (QED) is 0.0182. The Kier molecular flexibility index (Phi) is 50.0. The molecule has 0 atom stereocenters. The summed E-state index contributed by atoms with van der Waals surface area (Å²) in [6.07, 6.45) is 18.1. The molecule has 10 aromatic rings. The minimum Gasteiger partial charge on any atom is -0.489 e. The molecule has 13 heteroatoms. The Morgan fingerprint density at radius 1 is 0.227 bits per heavy atom. The van der Waals surface area contributed by atoms with Crippen LogP contribution >= 0.6 is 15.8 Å². The molecule has 0 aliphatic heterocycles. The Balaban J connectivity index is 0.000000288. The molecular weight excluding hydrogens is 2030 g/mol. The molecule has 0 heterocycles. The van der Waals surface area contributed by atoms with Crippen LogP contribution in [0.2, 0.25) is 106 Å². The minimum atomic E-state index is -1.92. The summed E-state index contributed by atoms with van der Waals surface area (Å²) in [6, 6.07) is 97.0. The molecule has 141 heavy (non-hydrogen) atoms. The smallest absolute Gasteiger partial charge is 0.489 e. The van der Waals surface area contributed by atoms with Gasteiger partial charge >= 0.3 is 21.1 Å². The molecule has 740 valence electrons. The molecule has 0 spiro atoms. The van der Waals surface area contributed by atoms with E-state index < -0.39 is 64.3 Å². The van der Waals surface area contributed by atoms with Crippen molar-refractivity contribution in [1.82, 2.24) is 0 Å². The molecule has 0 fully saturated rings. The number of hydrogen-bond donors (Lipinski definition) is 0. The molecule has 0 bridgehead atoms. The van der Waals surface area contributed by atoms with Crippen molar-refractivity contribution in [3.63, 3.8) is 0 Å². The first kappa shape index (κ1) is 120. The standard InChI is InChI=1S/2C33H29O2P.2C31H51Si3.Pt/c2*1-5-13-27(14-6-1)24-34-30-21-29(22-31(23-30)35-25-28-15-7-2-8-16-28)26-36(32-17-9-3-10-18-32)33-19-11-4-12-20-33;2*1-17-30(19-22-33(24(2)3,25(4)5)26(6)7)31(18-21-32(14,15)16)20-23-34(27(8)9,28(10)11)29(12)13;/h2*1-23H,24-26H2;2*24-29H,2-16H3;/q;;2*-1;+2/b;;31-30+;31-30-;. The van der Waals surface area contributed by atoms with Crippen LogP contribution in [-0.2, 0) is 59.8 Å². The van der Waals surface area contributed by atoms with Crippen LogP contribution in [0.4, 0.5) is 0 Å². The molecule has 0 saturated carbocycles. The van der Waals surface area contributed by atoms with Crippen LogP contribution < -0.4 is 40.2 Å². The predicted octanol–water partition coefficient (Wildman–Crippen LogP) is 33.3. The van der Waals surface area contributed by atoms with E-state index in [9.17, 15) is 0 Å². The van der Waals surface area contributed by atoms with Gasteiger partial charge in [-0.15, -0.1) is 33.3 Å². The van der Waals surface area contributed by atoms with Crippen molar-refractivity contribution in [2.75, 3.05) is 0 Å². The SMILES string of the molecule is [C-]#C/C(C#C[Si](C(C)C)(C(C)C)C(C)C)=C(/C#C[Si](C)(C)C)C#C[Si](C(C)C)(C(C)C)C(C)C.[C-]#C/C(C#C[Si](C(C)C)(C(C)C)C(C)C)=C(\C#C[Si](C)(C)C)C#C[Si](C(C)C)(C(C)C)C(C)C.[Pt+2].c1ccc(COc2cc(CP(c3ccccc3)c3ccccc3)cc(OCc3ccccc3)c2)cc1.c1ccc(COc2cc(CP(c3ccccc3)c3ccccc3)cc(OCc3ccccc3)c2)cc1. The Labute approximate surface area is 880 Å². The van der Waals surface area contributed by atoms with Crippen LogP contribution in [0.15, 0.2) is 301 Å². The van der Waals surface area contributed by atoms with Gasteiger partial charge in [-0.05, 0) is 161 Å². The first-order valence-electron chi connectivity index (χ1n) is 50.7. The van der Waals surface area contributed by atoms with Gasteiger partial charge in [0.15, 0.2) is 0 Å². The summed E-state index contributed by atoms with van der Waals surface area (Å²) in [5.74, 6) is 29.3. The van der Waals surface area contributed by atoms with Gasteiger partial charge in [-0.1, -0.05) is 483 Å². The molecule has 10 aromatic carbocycles. The van der Waals surface area contributed by atoms with E-state index in [1.54, 1.807) is 0 Å². The zero-order chi connectivity index (χ0) is 103. The van der Waals surface area contributed by atoms with Crippen LogP contribution in [0.1, 0.15) is 200 Å². The zero-order valence-electron chi connectivity index (χ0n) is 90.6. The van der Waals surface area contributed by atoms with Crippen molar-refractivity contribution >= 4 is 85.5 Å².